The molecule has 1 unspecified atom stereocenters. The van der Waals surface area contributed by atoms with E-state index in [9.17, 15) is 14.7 Å². The van der Waals surface area contributed by atoms with Crippen molar-refractivity contribution >= 4 is 11.9 Å². The Morgan fingerprint density at radius 2 is 1.73 bits per heavy atom. The third-order valence-corrected chi connectivity index (χ3v) is 4.57. The average molecular weight is 350 g/mol. The first-order valence-corrected chi connectivity index (χ1v) is 8.43. The summed E-state index contributed by atoms with van der Waals surface area (Å²) in [6.45, 7) is 3.23. The van der Waals surface area contributed by atoms with Crippen LogP contribution >= 0.6 is 0 Å². The molecule has 0 fully saturated rings. The van der Waals surface area contributed by atoms with E-state index in [1.54, 1.807) is 38.1 Å². The minimum absolute atomic E-state index is 0.345. The van der Waals surface area contributed by atoms with Crippen molar-refractivity contribution in [2.24, 2.45) is 5.41 Å². The van der Waals surface area contributed by atoms with Crippen LogP contribution in [0.1, 0.15) is 41.8 Å². The van der Waals surface area contributed by atoms with Crippen molar-refractivity contribution in [1.29, 1.82) is 5.26 Å². The van der Waals surface area contributed by atoms with Crippen LogP contribution in [-0.2, 0) is 11.2 Å². The maximum atomic E-state index is 12.5. The first-order chi connectivity index (χ1) is 12.3. The van der Waals surface area contributed by atoms with Gasteiger partial charge in [-0.1, -0.05) is 30.3 Å². The summed E-state index contributed by atoms with van der Waals surface area (Å²) in [5, 5.41) is 21.3. The predicted molar refractivity (Wildman–Crippen MR) is 98.6 cm³/mol. The van der Waals surface area contributed by atoms with Gasteiger partial charge >= 0.3 is 5.97 Å². The lowest BCUT2D eigenvalue weighted by Crippen LogP contribution is -2.49. The molecule has 26 heavy (non-hydrogen) atoms. The van der Waals surface area contributed by atoms with Crippen LogP contribution in [0.2, 0.25) is 0 Å². The third kappa shape index (κ3) is 4.70. The minimum atomic E-state index is -1.11. The zero-order valence-corrected chi connectivity index (χ0v) is 14.9. The Kier molecular flexibility index (Phi) is 6.13. The molecule has 0 heterocycles. The quantitative estimate of drug-likeness (QED) is 0.801. The summed E-state index contributed by atoms with van der Waals surface area (Å²) < 4.78 is 0. The number of nitriles is 1. The highest BCUT2D eigenvalue weighted by Gasteiger charge is 2.37. The van der Waals surface area contributed by atoms with E-state index in [-0.39, 0.29) is 5.91 Å². The Balaban J connectivity index is 2.16. The zero-order chi connectivity index (χ0) is 19.2. The molecule has 134 valence electrons. The second-order valence-electron chi connectivity index (χ2n) is 6.77. The number of aryl methyl sites for hydroxylation is 1. The number of aliphatic carboxylic acids is 1. The summed E-state index contributed by atoms with van der Waals surface area (Å²) in [5.41, 5.74) is 0.839. The van der Waals surface area contributed by atoms with E-state index < -0.39 is 17.4 Å². The Morgan fingerprint density at radius 3 is 2.27 bits per heavy atom. The summed E-state index contributed by atoms with van der Waals surface area (Å²) in [4.78, 5) is 24.2. The highest BCUT2D eigenvalue weighted by atomic mass is 16.4. The molecule has 0 saturated carbocycles. The van der Waals surface area contributed by atoms with Gasteiger partial charge in [-0.3, -0.25) is 9.59 Å². The smallest absolute Gasteiger partial charge is 0.311 e. The van der Waals surface area contributed by atoms with Gasteiger partial charge in [0.2, 0.25) is 0 Å². The van der Waals surface area contributed by atoms with Gasteiger partial charge in [0, 0.05) is 11.6 Å². The normalized spacial score (nSPS) is 12.0. The monoisotopic (exact) mass is 350 g/mol. The van der Waals surface area contributed by atoms with Crippen LogP contribution in [0.3, 0.4) is 0 Å². The van der Waals surface area contributed by atoms with Crippen molar-refractivity contribution < 1.29 is 14.7 Å². The number of nitrogens with one attached hydrogen (secondary N) is 1. The van der Waals surface area contributed by atoms with Gasteiger partial charge in [0.1, 0.15) is 0 Å². The third-order valence-electron chi connectivity index (χ3n) is 4.57. The number of rotatable bonds is 7. The molecule has 5 heteroatoms. The molecule has 0 saturated heterocycles. The van der Waals surface area contributed by atoms with Crippen LogP contribution in [0.4, 0.5) is 0 Å². The van der Waals surface area contributed by atoms with Gasteiger partial charge in [0.05, 0.1) is 17.0 Å². The Bertz CT molecular complexity index is 805. The molecule has 0 aliphatic heterocycles. The molecular formula is C21H22N2O3. The number of carboxylic acids is 1. The number of nitrogens with zero attached hydrogens (tertiary/aromatic N) is 1. The van der Waals surface area contributed by atoms with Crippen molar-refractivity contribution in [3.8, 4) is 6.07 Å². The number of amides is 1. The Labute approximate surface area is 153 Å². The molecule has 1 amide bonds. The molecule has 0 spiro atoms. The lowest BCUT2D eigenvalue weighted by atomic mass is 9.81. The molecule has 2 aromatic carbocycles. The van der Waals surface area contributed by atoms with Gasteiger partial charge < -0.3 is 10.4 Å². The molecule has 2 rings (SSSR count). The maximum absolute atomic E-state index is 12.5. The SMILES string of the molecule is CC(C)(C(=O)O)C(CCc1ccccc1)NC(=O)c1ccc(C#N)cc1. The van der Waals surface area contributed by atoms with E-state index in [1.807, 2.05) is 36.4 Å². The van der Waals surface area contributed by atoms with Gasteiger partial charge in [0.15, 0.2) is 0 Å². The number of benzene rings is 2. The average Bonchev–Trinajstić information content (AvgIpc) is 2.65. The standard InChI is InChI=1S/C21H22N2O3/c1-21(2,20(25)26)18(13-10-15-6-4-3-5-7-15)23-19(24)17-11-8-16(14-22)9-12-17/h3-9,11-12,18H,10,13H2,1-2H3,(H,23,24)(H,25,26). The molecule has 2 aromatic rings. The van der Waals surface area contributed by atoms with Crippen molar-refractivity contribution in [3.63, 3.8) is 0 Å². The van der Waals surface area contributed by atoms with E-state index in [1.165, 1.54) is 0 Å². The molecule has 5 nitrogen and oxygen atoms in total. The minimum Gasteiger partial charge on any atom is -0.481 e. The van der Waals surface area contributed by atoms with Crippen molar-refractivity contribution in [2.45, 2.75) is 32.7 Å². The van der Waals surface area contributed by atoms with Crippen molar-refractivity contribution in [3.05, 3.63) is 71.3 Å². The molecular weight excluding hydrogens is 328 g/mol. The summed E-state index contributed by atoms with van der Waals surface area (Å²) in [7, 11) is 0. The summed E-state index contributed by atoms with van der Waals surface area (Å²) in [6, 6.07) is 17.5. The number of carbonyl (C=O) groups is 2. The molecule has 0 radical (unpaired) electrons. The molecule has 2 N–H and O–H groups in total. The highest BCUT2D eigenvalue weighted by molar-refractivity contribution is 5.95. The highest BCUT2D eigenvalue weighted by Crippen LogP contribution is 2.25. The number of hydrogen-bond donors (Lipinski definition) is 2. The van der Waals surface area contributed by atoms with Crippen LogP contribution in [-0.4, -0.2) is 23.0 Å². The number of hydrogen-bond acceptors (Lipinski definition) is 3. The van der Waals surface area contributed by atoms with E-state index in [0.29, 0.717) is 24.0 Å². The van der Waals surface area contributed by atoms with Crippen molar-refractivity contribution in [2.75, 3.05) is 0 Å². The number of carboxylic acid groups (broad SMARTS) is 1. The number of carbonyl (C=O) groups excluding carboxylic acids is 1. The van der Waals surface area contributed by atoms with Gasteiger partial charge in [-0.25, -0.2) is 0 Å². The topological polar surface area (TPSA) is 90.2 Å². The largest absolute Gasteiger partial charge is 0.481 e. The van der Waals surface area contributed by atoms with Gasteiger partial charge in [-0.2, -0.15) is 5.26 Å². The fraction of sp³-hybridized carbons (Fsp3) is 0.286. The first kappa shape index (κ1) is 19.2. The van der Waals surface area contributed by atoms with Crippen LogP contribution in [0.25, 0.3) is 0 Å². The van der Waals surface area contributed by atoms with E-state index in [4.69, 9.17) is 5.26 Å². The van der Waals surface area contributed by atoms with E-state index in [0.717, 1.165) is 5.56 Å². The summed E-state index contributed by atoms with van der Waals surface area (Å²) in [5.74, 6) is -1.31. The Morgan fingerprint density at radius 1 is 1.12 bits per heavy atom. The molecule has 0 bridgehead atoms. The lowest BCUT2D eigenvalue weighted by molar-refractivity contribution is -0.148. The van der Waals surface area contributed by atoms with Crippen molar-refractivity contribution in [1.82, 2.24) is 5.32 Å². The maximum Gasteiger partial charge on any atom is 0.311 e. The lowest BCUT2D eigenvalue weighted by Gasteiger charge is -2.31. The fourth-order valence-corrected chi connectivity index (χ4v) is 2.66. The van der Waals surface area contributed by atoms with Crippen LogP contribution < -0.4 is 5.32 Å². The van der Waals surface area contributed by atoms with Gasteiger partial charge in [-0.15, -0.1) is 0 Å². The Hall–Kier alpha value is -3.13. The van der Waals surface area contributed by atoms with Gasteiger partial charge in [0.25, 0.3) is 5.91 Å². The molecule has 0 aliphatic rings. The first-order valence-electron chi connectivity index (χ1n) is 8.43. The molecule has 1 atom stereocenters. The predicted octanol–water partition coefficient (Wildman–Crippen LogP) is 3.40. The van der Waals surface area contributed by atoms with E-state index in [2.05, 4.69) is 5.32 Å². The van der Waals surface area contributed by atoms with Crippen LogP contribution in [0.15, 0.2) is 54.6 Å². The molecule has 0 aromatic heterocycles. The summed E-state index contributed by atoms with van der Waals surface area (Å²) >= 11 is 0. The molecule has 0 aliphatic carbocycles. The van der Waals surface area contributed by atoms with Crippen LogP contribution in [0.5, 0.6) is 0 Å². The van der Waals surface area contributed by atoms with E-state index >= 15 is 0 Å². The zero-order valence-electron chi connectivity index (χ0n) is 14.9. The van der Waals surface area contributed by atoms with Crippen LogP contribution in [0, 0.1) is 16.7 Å². The summed E-state index contributed by atoms with van der Waals surface area (Å²) in [6.07, 6.45) is 1.17. The van der Waals surface area contributed by atoms with Gasteiger partial charge in [-0.05, 0) is 56.5 Å². The fourth-order valence-electron chi connectivity index (χ4n) is 2.66. The second kappa shape index (κ2) is 8.30. The second-order valence-corrected chi connectivity index (χ2v) is 6.77.